The Bertz CT molecular complexity index is 623. The summed E-state index contributed by atoms with van der Waals surface area (Å²) < 4.78 is 39.2. The first-order valence-corrected chi connectivity index (χ1v) is 5.50. The number of carbonyl (C=O) groups is 1. The molecular formula is C14H10F3NO. The molecule has 2 aromatic rings. The van der Waals surface area contributed by atoms with Crippen LogP contribution in [-0.4, -0.2) is 5.78 Å². The van der Waals surface area contributed by atoms with Crippen molar-refractivity contribution in [2.24, 2.45) is 0 Å². The summed E-state index contributed by atoms with van der Waals surface area (Å²) in [4.78, 5) is 11.1. The highest BCUT2D eigenvalue weighted by molar-refractivity contribution is 5.94. The number of halogens is 3. The number of ketones is 1. The van der Waals surface area contributed by atoms with Crippen LogP contribution in [0.1, 0.15) is 17.3 Å². The minimum absolute atomic E-state index is 0.0921. The number of anilines is 2. The monoisotopic (exact) mass is 265 g/mol. The van der Waals surface area contributed by atoms with Gasteiger partial charge in [-0.25, -0.2) is 13.2 Å². The fourth-order valence-corrected chi connectivity index (χ4v) is 1.57. The Labute approximate surface area is 107 Å². The molecule has 0 atom stereocenters. The summed E-state index contributed by atoms with van der Waals surface area (Å²) in [6.45, 7) is 1.43. The molecular weight excluding hydrogens is 255 g/mol. The van der Waals surface area contributed by atoms with Gasteiger partial charge in [0.1, 0.15) is 0 Å². The van der Waals surface area contributed by atoms with Crippen LogP contribution in [0.2, 0.25) is 0 Å². The van der Waals surface area contributed by atoms with Crippen LogP contribution in [0.4, 0.5) is 24.5 Å². The van der Waals surface area contributed by atoms with Gasteiger partial charge < -0.3 is 5.32 Å². The number of Topliss-reactive ketones (excluding diaryl/α,β-unsaturated/α-hetero) is 1. The predicted molar refractivity (Wildman–Crippen MR) is 66.0 cm³/mol. The molecule has 2 aromatic carbocycles. The second-order valence-electron chi connectivity index (χ2n) is 3.98. The Hall–Kier alpha value is -2.30. The van der Waals surface area contributed by atoms with E-state index in [1.54, 1.807) is 24.3 Å². The largest absolute Gasteiger partial charge is 0.353 e. The van der Waals surface area contributed by atoms with E-state index in [4.69, 9.17) is 0 Å². The summed E-state index contributed by atoms with van der Waals surface area (Å²) in [5.41, 5.74) is 0.806. The normalized spacial score (nSPS) is 10.3. The molecule has 0 spiro atoms. The first-order chi connectivity index (χ1) is 8.99. The van der Waals surface area contributed by atoms with Gasteiger partial charge in [-0.3, -0.25) is 4.79 Å². The molecule has 5 heteroatoms. The van der Waals surface area contributed by atoms with Gasteiger partial charge in [0.15, 0.2) is 23.2 Å². The van der Waals surface area contributed by atoms with E-state index in [0.29, 0.717) is 11.3 Å². The Morgan fingerprint density at radius 3 is 2.16 bits per heavy atom. The first kappa shape index (κ1) is 13.1. The summed E-state index contributed by atoms with van der Waals surface area (Å²) in [6, 6.07) is 8.16. The number of rotatable bonds is 3. The van der Waals surface area contributed by atoms with Gasteiger partial charge in [0, 0.05) is 11.3 Å². The zero-order valence-electron chi connectivity index (χ0n) is 10.0. The summed E-state index contributed by atoms with van der Waals surface area (Å²) in [5.74, 6) is -4.14. The van der Waals surface area contributed by atoms with Crippen LogP contribution in [-0.2, 0) is 0 Å². The average Bonchev–Trinajstić information content (AvgIpc) is 2.40. The van der Waals surface area contributed by atoms with Crippen LogP contribution < -0.4 is 5.32 Å². The van der Waals surface area contributed by atoms with Gasteiger partial charge in [0.2, 0.25) is 0 Å². The number of hydrogen-bond donors (Lipinski definition) is 1. The van der Waals surface area contributed by atoms with E-state index in [0.717, 1.165) is 12.1 Å². The molecule has 0 unspecified atom stereocenters. The van der Waals surface area contributed by atoms with E-state index in [1.165, 1.54) is 6.92 Å². The predicted octanol–water partition coefficient (Wildman–Crippen LogP) is 4.05. The lowest BCUT2D eigenvalue weighted by atomic mass is 10.1. The van der Waals surface area contributed by atoms with Crippen LogP contribution in [0.15, 0.2) is 36.4 Å². The lowest BCUT2D eigenvalue weighted by Crippen LogP contribution is -1.99. The Morgan fingerprint density at radius 1 is 0.947 bits per heavy atom. The average molecular weight is 265 g/mol. The van der Waals surface area contributed by atoms with Crippen molar-refractivity contribution in [3.8, 4) is 0 Å². The summed E-state index contributed by atoms with van der Waals surface area (Å²) in [7, 11) is 0. The standard InChI is InChI=1S/C14H10F3NO/c1-8(19)9-2-4-10(5-3-9)18-12-7-6-11(15)13(16)14(12)17/h2-7,18H,1H3. The van der Waals surface area contributed by atoms with Gasteiger partial charge in [-0.15, -0.1) is 0 Å². The van der Waals surface area contributed by atoms with E-state index in [2.05, 4.69) is 5.32 Å². The second kappa shape index (κ2) is 5.14. The fourth-order valence-electron chi connectivity index (χ4n) is 1.57. The number of nitrogens with one attached hydrogen (secondary N) is 1. The topological polar surface area (TPSA) is 29.1 Å². The lowest BCUT2D eigenvalue weighted by Gasteiger charge is -2.08. The summed E-state index contributed by atoms with van der Waals surface area (Å²) in [6.07, 6.45) is 0. The third kappa shape index (κ3) is 2.76. The zero-order chi connectivity index (χ0) is 14.0. The van der Waals surface area contributed by atoms with Crippen molar-refractivity contribution >= 4 is 17.2 Å². The van der Waals surface area contributed by atoms with E-state index >= 15 is 0 Å². The van der Waals surface area contributed by atoms with Crippen molar-refractivity contribution in [2.45, 2.75) is 6.92 Å². The van der Waals surface area contributed by atoms with E-state index in [-0.39, 0.29) is 11.5 Å². The van der Waals surface area contributed by atoms with Crippen molar-refractivity contribution in [1.82, 2.24) is 0 Å². The molecule has 0 heterocycles. The summed E-state index contributed by atoms with van der Waals surface area (Å²) >= 11 is 0. The van der Waals surface area contributed by atoms with Gasteiger partial charge in [0.25, 0.3) is 0 Å². The molecule has 19 heavy (non-hydrogen) atoms. The van der Waals surface area contributed by atoms with E-state index in [1.807, 2.05) is 0 Å². The van der Waals surface area contributed by atoms with Crippen molar-refractivity contribution in [2.75, 3.05) is 5.32 Å². The van der Waals surface area contributed by atoms with E-state index < -0.39 is 17.5 Å². The number of benzene rings is 2. The molecule has 2 nitrogen and oxygen atoms in total. The minimum atomic E-state index is -1.52. The Morgan fingerprint density at radius 2 is 1.58 bits per heavy atom. The van der Waals surface area contributed by atoms with Crippen molar-refractivity contribution in [1.29, 1.82) is 0 Å². The quantitative estimate of drug-likeness (QED) is 0.670. The van der Waals surface area contributed by atoms with Gasteiger partial charge in [-0.1, -0.05) is 0 Å². The van der Waals surface area contributed by atoms with Crippen LogP contribution >= 0.6 is 0 Å². The second-order valence-corrected chi connectivity index (χ2v) is 3.98. The van der Waals surface area contributed by atoms with Crippen LogP contribution in [0.3, 0.4) is 0 Å². The molecule has 0 saturated heterocycles. The molecule has 0 radical (unpaired) electrons. The lowest BCUT2D eigenvalue weighted by molar-refractivity contribution is 0.101. The highest BCUT2D eigenvalue weighted by atomic mass is 19.2. The molecule has 0 amide bonds. The highest BCUT2D eigenvalue weighted by Gasteiger charge is 2.13. The van der Waals surface area contributed by atoms with Crippen LogP contribution in [0.25, 0.3) is 0 Å². The van der Waals surface area contributed by atoms with Crippen molar-refractivity contribution in [3.63, 3.8) is 0 Å². The van der Waals surface area contributed by atoms with E-state index in [9.17, 15) is 18.0 Å². The smallest absolute Gasteiger partial charge is 0.196 e. The Balaban J connectivity index is 2.26. The molecule has 0 saturated carbocycles. The highest BCUT2D eigenvalue weighted by Crippen LogP contribution is 2.23. The first-order valence-electron chi connectivity index (χ1n) is 5.50. The Kier molecular flexibility index (Phi) is 3.55. The number of hydrogen-bond acceptors (Lipinski definition) is 2. The maximum Gasteiger partial charge on any atom is 0.196 e. The molecule has 98 valence electrons. The third-order valence-electron chi connectivity index (χ3n) is 2.61. The third-order valence-corrected chi connectivity index (χ3v) is 2.61. The maximum atomic E-state index is 13.4. The van der Waals surface area contributed by atoms with Gasteiger partial charge in [0.05, 0.1) is 5.69 Å². The molecule has 0 fully saturated rings. The van der Waals surface area contributed by atoms with Gasteiger partial charge in [-0.2, -0.15) is 0 Å². The fraction of sp³-hybridized carbons (Fsp3) is 0.0714. The van der Waals surface area contributed by atoms with Crippen LogP contribution in [0, 0.1) is 17.5 Å². The van der Waals surface area contributed by atoms with Crippen molar-refractivity contribution in [3.05, 3.63) is 59.4 Å². The van der Waals surface area contributed by atoms with Gasteiger partial charge >= 0.3 is 0 Å². The molecule has 0 aromatic heterocycles. The molecule has 2 rings (SSSR count). The molecule has 0 aliphatic carbocycles. The molecule has 1 N–H and O–H groups in total. The minimum Gasteiger partial charge on any atom is -0.353 e. The maximum absolute atomic E-state index is 13.4. The molecule has 0 aliphatic heterocycles. The van der Waals surface area contributed by atoms with Crippen molar-refractivity contribution < 1.29 is 18.0 Å². The van der Waals surface area contributed by atoms with Gasteiger partial charge in [-0.05, 0) is 43.3 Å². The molecule has 0 bridgehead atoms. The van der Waals surface area contributed by atoms with Crippen LogP contribution in [0.5, 0.6) is 0 Å². The summed E-state index contributed by atoms with van der Waals surface area (Å²) in [5, 5.41) is 2.61. The zero-order valence-corrected chi connectivity index (χ0v) is 10.0. The number of carbonyl (C=O) groups excluding carboxylic acids is 1. The SMILES string of the molecule is CC(=O)c1ccc(Nc2ccc(F)c(F)c2F)cc1. The molecule has 0 aliphatic rings.